The maximum atomic E-state index is 13.0. The Hall–Kier alpha value is -1.49. The van der Waals surface area contributed by atoms with Crippen LogP contribution in [0.15, 0.2) is 36.4 Å². The molecule has 0 saturated heterocycles. The van der Waals surface area contributed by atoms with Crippen molar-refractivity contribution >= 4 is 15.9 Å². The Labute approximate surface area is 117 Å². The van der Waals surface area contributed by atoms with Crippen molar-refractivity contribution < 1.29 is 17.9 Å². The van der Waals surface area contributed by atoms with E-state index in [4.69, 9.17) is 4.74 Å². The third kappa shape index (κ3) is 3.73. The van der Waals surface area contributed by atoms with E-state index in [-0.39, 0.29) is 12.4 Å². The minimum atomic E-state index is -0.654. The summed E-state index contributed by atoms with van der Waals surface area (Å²) in [6.07, 6.45) is 0. The molecule has 0 amide bonds. The van der Waals surface area contributed by atoms with Crippen LogP contribution >= 0.6 is 15.9 Å². The van der Waals surface area contributed by atoms with Crippen LogP contribution in [0.5, 0.6) is 5.75 Å². The van der Waals surface area contributed by atoms with Crippen molar-refractivity contribution in [1.29, 1.82) is 0 Å². The van der Waals surface area contributed by atoms with Gasteiger partial charge in [-0.3, -0.25) is 0 Å². The SMILES string of the molecule is Fc1cc(F)cc(COc2ccc(F)cc2CBr)c1. The van der Waals surface area contributed by atoms with Crippen molar-refractivity contribution in [3.63, 3.8) is 0 Å². The second-order valence-electron chi connectivity index (χ2n) is 3.95. The molecule has 0 radical (unpaired) electrons. The second-order valence-corrected chi connectivity index (χ2v) is 4.51. The highest BCUT2D eigenvalue weighted by atomic mass is 79.9. The Morgan fingerprint density at radius 2 is 1.58 bits per heavy atom. The highest BCUT2D eigenvalue weighted by Crippen LogP contribution is 2.23. The van der Waals surface area contributed by atoms with Crippen LogP contribution in [0.4, 0.5) is 13.2 Å². The number of halogens is 4. The van der Waals surface area contributed by atoms with Gasteiger partial charge in [0.2, 0.25) is 0 Å². The van der Waals surface area contributed by atoms with Gasteiger partial charge < -0.3 is 4.74 Å². The van der Waals surface area contributed by atoms with Gasteiger partial charge in [0.15, 0.2) is 0 Å². The molecule has 0 unspecified atom stereocenters. The Morgan fingerprint density at radius 1 is 0.895 bits per heavy atom. The summed E-state index contributed by atoms with van der Waals surface area (Å²) in [7, 11) is 0. The number of hydrogen-bond donors (Lipinski definition) is 0. The fourth-order valence-electron chi connectivity index (χ4n) is 1.65. The van der Waals surface area contributed by atoms with Crippen LogP contribution in [0.25, 0.3) is 0 Å². The topological polar surface area (TPSA) is 9.23 Å². The van der Waals surface area contributed by atoms with Gasteiger partial charge in [-0.25, -0.2) is 13.2 Å². The van der Waals surface area contributed by atoms with Crippen LogP contribution in [0.1, 0.15) is 11.1 Å². The third-order valence-corrected chi connectivity index (χ3v) is 3.09. The summed E-state index contributed by atoms with van der Waals surface area (Å²) in [6, 6.07) is 7.29. The molecule has 2 aromatic rings. The molecule has 0 aliphatic rings. The predicted octanol–water partition coefficient (Wildman–Crippen LogP) is 4.58. The molecule has 0 atom stereocenters. The largest absolute Gasteiger partial charge is 0.489 e. The molecule has 0 N–H and O–H groups in total. The second kappa shape index (κ2) is 6.10. The molecule has 1 nitrogen and oxygen atoms in total. The fraction of sp³-hybridized carbons (Fsp3) is 0.143. The normalized spacial score (nSPS) is 10.5. The summed E-state index contributed by atoms with van der Waals surface area (Å²) >= 11 is 3.23. The monoisotopic (exact) mass is 330 g/mol. The lowest BCUT2D eigenvalue weighted by atomic mass is 10.2. The zero-order valence-electron chi connectivity index (χ0n) is 9.80. The molecule has 0 bridgehead atoms. The molecule has 2 aromatic carbocycles. The molecule has 0 fully saturated rings. The van der Waals surface area contributed by atoms with Gasteiger partial charge in [-0.2, -0.15) is 0 Å². The third-order valence-electron chi connectivity index (χ3n) is 2.48. The van der Waals surface area contributed by atoms with Crippen molar-refractivity contribution in [2.75, 3.05) is 0 Å². The minimum Gasteiger partial charge on any atom is -0.489 e. The van der Waals surface area contributed by atoms with Gasteiger partial charge in [0.25, 0.3) is 0 Å². The summed E-state index contributed by atoms with van der Waals surface area (Å²) in [5.74, 6) is -1.20. The minimum absolute atomic E-state index is 0.0142. The number of benzene rings is 2. The van der Waals surface area contributed by atoms with E-state index in [0.29, 0.717) is 22.2 Å². The van der Waals surface area contributed by atoms with Gasteiger partial charge in [-0.05, 0) is 35.9 Å². The average molecular weight is 331 g/mol. The molecule has 100 valence electrons. The summed E-state index contributed by atoms with van der Waals surface area (Å²) in [5, 5.41) is 0.428. The number of rotatable bonds is 4. The van der Waals surface area contributed by atoms with Crippen LogP contribution in [-0.4, -0.2) is 0 Å². The Morgan fingerprint density at radius 3 is 2.21 bits per heavy atom. The molecule has 0 saturated carbocycles. The summed E-state index contributed by atoms with van der Waals surface area (Å²) in [6.45, 7) is 0.0142. The maximum Gasteiger partial charge on any atom is 0.126 e. The standard InChI is InChI=1S/C14H10BrF3O/c15-7-10-5-11(16)1-2-14(10)19-8-9-3-12(17)6-13(18)4-9/h1-6H,7-8H2. The van der Waals surface area contributed by atoms with E-state index in [1.54, 1.807) is 0 Å². The molecular weight excluding hydrogens is 321 g/mol. The summed E-state index contributed by atoms with van der Waals surface area (Å²) in [4.78, 5) is 0. The van der Waals surface area contributed by atoms with Crippen LogP contribution in [0, 0.1) is 17.5 Å². The molecule has 0 aliphatic carbocycles. The Bertz CT molecular complexity index is 567. The van der Waals surface area contributed by atoms with Crippen molar-refractivity contribution in [3.05, 3.63) is 65.0 Å². The molecule has 2 rings (SSSR count). The first-order valence-electron chi connectivity index (χ1n) is 5.50. The van der Waals surface area contributed by atoms with Crippen LogP contribution < -0.4 is 4.74 Å². The smallest absolute Gasteiger partial charge is 0.126 e. The molecule has 0 aliphatic heterocycles. The van der Waals surface area contributed by atoms with Crippen molar-refractivity contribution in [2.24, 2.45) is 0 Å². The summed E-state index contributed by atoms with van der Waals surface area (Å²) in [5.41, 5.74) is 1.01. The van der Waals surface area contributed by atoms with Crippen molar-refractivity contribution in [2.45, 2.75) is 11.9 Å². The average Bonchev–Trinajstić information content (AvgIpc) is 2.36. The zero-order valence-corrected chi connectivity index (χ0v) is 11.4. The molecular formula is C14H10BrF3O. The van der Waals surface area contributed by atoms with E-state index in [9.17, 15) is 13.2 Å². The molecule has 0 heterocycles. The molecule has 0 aromatic heterocycles. The van der Waals surface area contributed by atoms with Gasteiger partial charge >= 0.3 is 0 Å². The Kier molecular flexibility index (Phi) is 4.47. The van der Waals surface area contributed by atoms with Crippen molar-refractivity contribution in [1.82, 2.24) is 0 Å². The van der Waals surface area contributed by atoms with Gasteiger partial charge in [-0.1, -0.05) is 15.9 Å². The molecule has 0 spiro atoms. The van der Waals surface area contributed by atoms with E-state index >= 15 is 0 Å². The van der Waals surface area contributed by atoms with E-state index < -0.39 is 11.6 Å². The number of hydrogen-bond acceptors (Lipinski definition) is 1. The highest BCUT2D eigenvalue weighted by Gasteiger charge is 2.06. The van der Waals surface area contributed by atoms with Gasteiger partial charge in [0.1, 0.15) is 29.8 Å². The maximum absolute atomic E-state index is 13.0. The van der Waals surface area contributed by atoms with E-state index in [1.807, 2.05) is 0 Å². The number of alkyl halides is 1. The lowest BCUT2D eigenvalue weighted by Gasteiger charge is -2.10. The van der Waals surface area contributed by atoms with E-state index in [1.165, 1.54) is 30.3 Å². The predicted molar refractivity (Wildman–Crippen MR) is 69.7 cm³/mol. The first-order valence-corrected chi connectivity index (χ1v) is 6.63. The lowest BCUT2D eigenvalue weighted by molar-refractivity contribution is 0.302. The fourth-order valence-corrected chi connectivity index (χ4v) is 2.09. The van der Waals surface area contributed by atoms with E-state index in [2.05, 4.69) is 15.9 Å². The number of ether oxygens (including phenoxy) is 1. The Balaban J connectivity index is 2.14. The van der Waals surface area contributed by atoms with Crippen LogP contribution in [0.3, 0.4) is 0 Å². The van der Waals surface area contributed by atoms with Gasteiger partial charge in [0.05, 0.1) is 0 Å². The lowest BCUT2D eigenvalue weighted by Crippen LogP contribution is -1.99. The highest BCUT2D eigenvalue weighted by molar-refractivity contribution is 9.08. The zero-order chi connectivity index (χ0) is 13.8. The van der Waals surface area contributed by atoms with Crippen LogP contribution in [-0.2, 0) is 11.9 Å². The van der Waals surface area contributed by atoms with Crippen LogP contribution in [0.2, 0.25) is 0 Å². The first kappa shape index (κ1) is 13.9. The van der Waals surface area contributed by atoms with Gasteiger partial charge in [-0.15, -0.1) is 0 Å². The molecule has 5 heteroatoms. The first-order chi connectivity index (χ1) is 9.08. The van der Waals surface area contributed by atoms with Gasteiger partial charge in [0, 0.05) is 17.0 Å². The van der Waals surface area contributed by atoms with E-state index in [0.717, 1.165) is 6.07 Å². The molecule has 19 heavy (non-hydrogen) atoms. The van der Waals surface area contributed by atoms with Crippen molar-refractivity contribution in [3.8, 4) is 5.75 Å². The summed E-state index contributed by atoms with van der Waals surface area (Å²) < 4.78 is 44.5. The quantitative estimate of drug-likeness (QED) is 0.746.